The zero-order chi connectivity index (χ0) is 17.5. The topological polar surface area (TPSA) is 59.9 Å². The third-order valence-electron chi connectivity index (χ3n) is 3.12. The van der Waals surface area contributed by atoms with Gasteiger partial charge in [0.2, 0.25) is 0 Å². The first-order valence-electron chi connectivity index (χ1n) is 7.05. The van der Waals surface area contributed by atoms with Gasteiger partial charge in [0.05, 0.1) is 12.8 Å². The summed E-state index contributed by atoms with van der Waals surface area (Å²) in [6, 6.07) is 10.1. The van der Waals surface area contributed by atoms with E-state index >= 15 is 0 Å². The first kappa shape index (κ1) is 17.4. The lowest BCUT2D eigenvalue weighted by Crippen LogP contribution is -2.25. The largest absolute Gasteiger partial charge is 0.497 e. The summed E-state index contributed by atoms with van der Waals surface area (Å²) in [4.78, 5) is 11.7. The summed E-state index contributed by atoms with van der Waals surface area (Å²) in [7, 11) is 1.55. The number of hydrogen-bond acceptors (Lipinski definition) is 4. The smallest absolute Gasteiger partial charge is 0.277 e. The van der Waals surface area contributed by atoms with Gasteiger partial charge in [0.25, 0.3) is 5.91 Å². The summed E-state index contributed by atoms with van der Waals surface area (Å²) < 4.78 is 36.3. The lowest BCUT2D eigenvalue weighted by molar-refractivity contribution is -0.123. The van der Waals surface area contributed by atoms with Crippen LogP contribution >= 0.6 is 0 Å². The zero-order valence-corrected chi connectivity index (χ0v) is 13.2. The molecule has 0 saturated carbocycles. The van der Waals surface area contributed by atoms with Crippen molar-refractivity contribution in [2.24, 2.45) is 5.10 Å². The van der Waals surface area contributed by atoms with Crippen LogP contribution in [-0.2, 0) is 4.79 Å². The molecule has 0 spiro atoms. The minimum Gasteiger partial charge on any atom is -0.497 e. The van der Waals surface area contributed by atoms with Crippen LogP contribution in [0.3, 0.4) is 0 Å². The van der Waals surface area contributed by atoms with Crippen molar-refractivity contribution in [2.45, 2.75) is 6.92 Å². The Bertz CT molecular complexity index is 746. The van der Waals surface area contributed by atoms with Gasteiger partial charge >= 0.3 is 0 Å². The van der Waals surface area contributed by atoms with E-state index in [1.54, 1.807) is 38.3 Å². The molecule has 2 aromatic rings. The highest BCUT2D eigenvalue weighted by Gasteiger charge is 2.06. The highest BCUT2D eigenvalue weighted by atomic mass is 19.2. The molecule has 126 valence electrons. The molecule has 7 heteroatoms. The van der Waals surface area contributed by atoms with E-state index in [-0.39, 0.29) is 6.61 Å². The van der Waals surface area contributed by atoms with Gasteiger partial charge in [-0.1, -0.05) is 0 Å². The molecular weight excluding hydrogens is 318 g/mol. The predicted octanol–water partition coefficient (Wildman–Crippen LogP) is 2.89. The SMILES string of the molecule is COc1ccc(OCC(=O)N/N=C(\C)c2ccc(F)c(F)c2)cc1. The number of rotatable bonds is 6. The van der Waals surface area contributed by atoms with Crippen molar-refractivity contribution in [2.75, 3.05) is 13.7 Å². The van der Waals surface area contributed by atoms with Gasteiger partial charge in [0.15, 0.2) is 18.2 Å². The van der Waals surface area contributed by atoms with Gasteiger partial charge in [-0.3, -0.25) is 4.79 Å². The molecule has 0 aliphatic heterocycles. The van der Waals surface area contributed by atoms with Crippen molar-refractivity contribution in [1.82, 2.24) is 5.43 Å². The fourth-order valence-electron chi connectivity index (χ4n) is 1.79. The molecule has 0 saturated heterocycles. The molecule has 0 atom stereocenters. The molecule has 2 rings (SSSR count). The number of amides is 1. The number of carbonyl (C=O) groups excluding carboxylic acids is 1. The molecule has 24 heavy (non-hydrogen) atoms. The van der Waals surface area contributed by atoms with Crippen molar-refractivity contribution >= 4 is 11.6 Å². The van der Waals surface area contributed by atoms with Crippen LogP contribution in [0.5, 0.6) is 11.5 Å². The molecule has 1 amide bonds. The maximum atomic E-state index is 13.2. The molecule has 0 aliphatic rings. The van der Waals surface area contributed by atoms with Gasteiger partial charge in [-0.2, -0.15) is 5.10 Å². The van der Waals surface area contributed by atoms with Gasteiger partial charge in [-0.15, -0.1) is 0 Å². The summed E-state index contributed by atoms with van der Waals surface area (Å²) in [6.45, 7) is 1.33. The Hall–Kier alpha value is -2.96. The minimum absolute atomic E-state index is 0.235. The average Bonchev–Trinajstić information content (AvgIpc) is 2.60. The van der Waals surface area contributed by atoms with E-state index < -0.39 is 17.5 Å². The van der Waals surface area contributed by atoms with Crippen molar-refractivity contribution in [1.29, 1.82) is 0 Å². The monoisotopic (exact) mass is 334 g/mol. The maximum absolute atomic E-state index is 13.2. The molecular formula is C17H16F2N2O3. The van der Waals surface area contributed by atoms with Crippen molar-refractivity contribution in [3.63, 3.8) is 0 Å². The van der Waals surface area contributed by atoms with Gasteiger partial charge in [-0.25, -0.2) is 14.2 Å². The number of hydrogen-bond donors (Lipinski definition) is 1. The molecule has 0 bridgehead atoms. The zero-order valence-electron chi connectivity index (χ0n) is 13.2. The van der Waals surface area contributed by atoms with E-state index in [0.29, 0.717) is 22.8 Å². The second-order valence-electron chi connectivity index (χ2n) is 4.83. The molecule has 0 fully saturated rings. The molecule has 5 nitrogen and oxygen atoms in total. The van der Waals surface area contributed by atoms with E-state index in [9.17, 15) is 13.6 Å². The van der Waals surface area contributed by atoms with Gasteiger partial charge in [-0.05, 0) is 49.4 Å². The van der Waals surface area contributed by atoms with Crippen LogP contribution in [-0.4, -0.2) is 25.3 Å². The Kier molecular flexibility index (Phi) is 5.83. The second kappa shape index (κ2) is 8.05. The van der Waals surface area contributed by atoms with Crippen molar-refractivity contribution in [3.05, 3.63) is 59.7 Å². The fraction of sp³-hybridized carbons (Fsp3) is 0.176. The Morgan fingerprint density at radius 2 is 1.75 bits per heavy atom. The number of ether oxygens (including phenoxy) is 2. The number of benzene rings is 2. The number of nitrogens with zero attached hydrogens (tertiary/aromatic N) is 1. The van der Waals surface area contributed by atoms with Crippen molar-refractivity contribution in [3.8, 4) is 11.5 Å². The number of nitrogens with one attached hydrogen (secondary N) is 1. The van der Waals surface area contributed by atoms with Crippen LogP contribution in [0.25, 0.3) is 0 Å². The quantitative estimate of drug-likeness (QED) is 0.653. The normalized spacial score (nSPS) is 11.1. The highest BCUT2D eigenvalue weighted by Crippen LogP contribution is 2.16. The molecule has 0 heterocycles. The molecule has 0 aliphatic carbocycles. The Labute approximate surface area is 137 Å². The van der Waals surface area contributed by atoms with E-state index in [4.69, 9.17) is 9.47 Å². The summed E-state index contributed by atoms with van der Waals surface area (Å²) in [5.41, 5.74) is 3.00. The first-order chi connectivity index (χ1) is 11.5. The van der Waals surface area contributed by atoms with Gasteiger partial charge < -0.3 is 9.47 Å². The van der Waals surface area contributed by atoms with Crippen LogP contribution in [0.15, 0.2) is 47.6 Å². The molecule has 1 N–H and O–H groups in total. The molecule has 2 aromatic carbocycles. The fourth-order valence-corrected chi connectivity index (χ4v) is 1.79. The van der Waals surface area contributed by atoms with Crippen molar-refractivity contribution < 1.29 is 23.0 Å². The summed E-state index contributed by atoms with van der Waals surface area (Å²) in [5.74, 6) is -1.21. The second-order valence-corrected chi connectivity index (χ2v) is 4.83. The highest BCUT2D eigenvalue weighted by molar-refractivity contribution is 5.99. The van der Waals surface area contributed by atoms with E-state index in [1.165, 1.54) is 6.07 Å². The van der Waals surface area contributed by atoms with E-state index in [1.807, 2.05) is 0 Å². The van der Waals surface area contributed by atoms with Crippen LogP contribution in [0.2, 0.25) is 0 Å². The third kappa shape index (κ3) is 4.77. The summed E-state index contributed by atoms with van der Waals surface area (Å²) in [5, 5.41) is 3.83. The number of halogens is 2. The maximum Gasteiger partial charge on any atom is 0.277 e. The number of methoxy groups -OCH3 is 1. The number of carbonyl (C=O) groups is 1. The Morgan fingerprint density at radius 1 is 1.08 bits per heavy atom. The van der Waals surface area contributed by atoms with Gasteiger partial charge in [0.1, 0.15) is 11.5 Å². The van der Waals surface area contributed by atoms with E-state index in [0.717, 1.165) is 12.1 Å². The average molecular weight is 334 g/mol. The van der Waals surface area contributed by atoms with E-state index in [2.05, 4.69) is 10.5 Å². The molecule has 0 aromatic heterocycles. The van der Waals surface area contributed by atoms with Crippen LogP contribution in [0.4, 0.5) is 8.78 Å². The van der Waals surface area contributed by atoms with Crippen LogP contribution in [0.1, 0.15) is 12.5 Å². The molecule has 0 radical (unpaired) electrons. The lowest BCUT2D eigenvalue weighted by Gasteiger charge is -2.07. The Morgan fingerprint density at radius 3 is 2.38 bits per heavy atom. The van der Waals surface area contributed by atoms with Crippen LogP contribution in [0, 0.1) is 11.6 Å². The predicted molar refractivity (Wildman–Crippen MR) is 85.2 cm³/mol. The molecule has 0 unspecified atom stereocenters. The Balaban J connectivity index is 1.87. The standard InChI is InChI=1S/C17H16F2N2O3/c1-11(12-3-8-15(18)16(19)9-12)20-21-17(22)10-24-14-6-4-13(23-2)5-7-14/h3-9H,10H2,1-2H3,(H,21,22)/b20-11+. The van der Waals surface area contributed by atoms with Gasteiger partial charge in [0, 0.05) is 5.56 Å². The number of hydrazone groups is 1. The third-order valence-corrected chi connectivity index (χ3v) is 3.12. The summed E-state index contributed by atoms with van der Waals surface area (Å²) in [6.07, 6.45) is 0. The first-order valence-corrected chi connectivity index (χ1v) is 7.05. The lowest BCUT2D eigenvalue weighted by atomic mass is 10.1. The summed E-state index contributed by atoms with van der Waals surface area (Å²) >= 11 is 0. The minimum atomic E-state index is -0.976. The van der Waals surface area contributed by atoms with Crippen LogP contribution < -0.4 is 14.9 Å².